The lowest BCUT2D eigenvalue weighted by atomic mass is 9.87. The van der Waals surface area contributed by atoms with Gasteiger partial charge in [0, 0.05) is 11.1 Å². The van der Waals surface area contributed by atoms with Gasteiger partial charge in [0.1, 0.15) is 28.5 Å². The van der Waals surface area contributed by atoms with Gasteiger partial charge in [-0.1, -0.05) is 146 Å². The lowest BCUT2D eigenvalue weighted by Gasteiger charge is -2.31. The van der Waals surface area contributed by atoms with Crippen LogP contribution in [-0.4, -0.2) is 5.48 Å². The van der Waals surface area contributed by atoms with Crippen LogP contribution in [0.15, 0.2) is 194 Å². The van der Waals surface area contributed by atoms with Crippen molar-refractivity contribution in [2.75, 3.05) is 0 Å². The molecule has 44 heavy (non-hydrogen) atoms. The second-order valence-corrected chi connectivity index (χ2v) is 14.0. The molecule has 0 atom stereocenters. The summed E-state index contributed by atoms with van der Waals surface area (Å²) in [5.74, 6) is 0. The van der Waals surface area contributed by atoms with Crippen molar-refractivity contribution in [2.24, 2.45) is 0 Å². The summed E-state index contributed by atoms with van der Waals surface area (Å²) in [6.45, 7) is 0. The molecule has 2 heteroatoms. The van der Waals surface area contributed by atoms with Gasteiger partial charge in [-0.3, -0.25) is 0 Å². The topological polar surface area (TPSA) is 30.0 Å². The maximum Gasteiger partial charge on any atom is 0.144 e. The molecule has 1 N–H and O–H groups in total. The van der Waals surface area contributed by atoms with Crippen molar-refractivity contribution < 1.29 is 5.48 Å². The molecule has 0 amide bonds. The van der Waals surface area contributed by atoms with Crippen LogP contribution in [-0.2, 0) is 0 Å². The molecule has 0 saturated carbocycles. The zero-order valence-electron chi connectivity index (χ0n) is 24.4. The van der Waals surface area contributed by atoms with Crippen LogP contribution in [0.1, 0.15) is 0 Å². The molecule has 0 fully saturated rings. The summed E-state index contributed by atoms with van der Waals surface area (Å²) in [6.07, 6.45) is 0. The predicted octanol–water partition coefficient (Wildman–Crippen LogP) is 9.13. The second-order valence-electron chi connectivity index (χ2n) is 10.7. The fourth-order valence-corrected chi connectivity index (χ4v) is 10.8. The van der Waals surface area contributed by atoms with E-state index in [1.165, 1.54) is 54.6 Å². The van der Waals surface area contributed by atoms with Crippen LogP contribution in [0.25, 0.3) is 33.4 Å². The summed E-state index contributed by atoms with van der Waals surface area (Å²) in [7, 11) is -2.37. The third kappa shape index (κ3) is 5.18. The first kappa shape index (κ1) is 29.0. The molecule has 7 aromatic rings. The lowest BCUT2D eigenvalue weighted by molar-refractivity contribution is 0.824. The van der Waals surface area contributed by atoms with E-state index in [0.717, 1.165) is 0 Å². The maximum absolute atomic E-state index is 2.43. The minimum Gasteiger partial charge on any atom is -0.870 e. The van der Waals surface area contributed by atoms with E-state index in [1.54, 1.807) is 0 Å². The number of hydrogen-bond acceptors (Lipinski definition) is 1. The average molecular weight is 585 g/mol. The summed E-state index contributed by atoms with van der Waals surface area (Å²) in [6, 6.07) is 71.0. The highest BCUT2D eigenvalue weighted by Gasteiger charge is 2.50. The van der Waals surface area contributed by atoms with Crippen LogP contribution in [0, 0.1) is 0 Å². The van der Waals surface area contributed by atoms with Gasteiger partial charge >= 0.3 is 0 Å². The molecule has 0 saturated heterocycles. The van der Waals surface area contributed by atoms with Crippen LogP contribution >= 0.6 is 7.26 Å². The molecule has 0 bridgehead atoms. The van der Waals surface area contributed by atoms with E-state index < -0.39 is 7.26 Å². The fourth-order valence-electron chi connectivity index (χ4n) is 6.35. The molecule has 0 unspecified atom stereocenters. The molecule has 0 radical (unpaired) electrons. The van der Waals surface area contributed by atoms with Gasteiger partial charge in [0.25, 0.3) is 0 Å². The molecule has 0 spiro atoms. The Morgan fingerprint density at radius 1 is 0.273 bits per heavy atom. The zero-order chi connectivity index (χ0) is 28.9. The van der Waals surface area contributed by atoms with Gasteiger partial charge in [0.15, 0.2) is 0 Å². The Bertz CT molecular complexity index is 1830. The summed E-state index contributed by atoms with van der Waals surface area (Å²) in [5, 5.41) is 5.39. The van der Waals surface area contributed by atoms with Crippen LogP contribution in [0.5, 0.6) is 0 Å². The summed E-state index contributed by atoms with van der Waals surface area (Å²) >= 11 is 0. The molecule has 0 aliphatic heterocycles. The quantitative estimate of drug-likeness (QED) is 0.172. The van der Waals surface area contributed by atoms with Crippen LogP contribution in [0.2, 0.25) is 0 Å². The van der Waals surface area contributed by atoms with Crippen molar-refractivity contribution in [2.45, 2.75) is 0 Å². The Hall–Kier alpha value is -5.07. The third-order valence-electron chi connectivity index (χ3n) is 8.18. The molecule has 0 aromatic heterocycles. The van der Waals surface area contributed by atoms with Crippen LogP contribution in [0.3, 0.4) is 0 Å². The molecule has 212 valence electrons. The highest BCUT2D eigenvalue weighted by Crippen LogP contribution is 2.57. The first-order valence-electron chi connectivity index (χ1n) is 14.8. The van der Waals surface area contributed by atoms with Gasteiger partial charge in [-0.25, -0.2) is 0 Å². The van der Waals surface area contributed by atoms with Gasteiger partial charge in [-0.2, -0.15) is 0 Å². The predicted molar refractivity (Wildman–Crippen MR) is 189 cm³/mol. The number of rotatable bonds is 7. The molecular weight excluding hydrogens is 551 g/mol. The van der Waals surface area contributed by atoms with Crippen LogP contribution in [0.4, 0.5) is 0 Å². The van der Waals surface area contributed by atoms with Crippen molar-refractivity contribution in [1.82, 2.24) is 0 Å². The van der Waals surface area contributed by atoms with E-state index in [1.807, 2.05) is 0 Å². The Balaban J connectivity index is 0.00000343. The molecule has 0 heterocycles. The summed E-state index contributed by atoms with van der Waals surface area (Å²) < 4.78 is 0. The van der Waals surface area contributed by atoms with Gasteiger partial charge in [-0.15, -0.1) is 0 Å². The van der Waals surface area contributed by atoms with Crippen molar-refractivity contribution >= 4 is 28.5 Å². The Morgan fingerprint density at radius 3 is 0.977 bits per heavy atom. The largest absolute Gasteiger partial charge is 0.870 e. The van der Waals surface area contributed by atoms with E-state index in [9.17, 15) is 0 Å². The molecule has 7 rings (SSSR count). The molecule has 7 aromatic carbocycles. The SMILES string of the molecule is [OH-].c1ccc(-c2ccc([P+](c3ccccc3)(c3ccccc3)c3ccccc3)c(-c3ccccc3)c2-c2ccccc2)cc1. The van der Waals surface area contributed by atoms with Crippen molar-refractivity contribution in [3.63, 3.8) is 0 Å². The highest BCUT2D eigenvalue weighted by atomic mass is 31.2. The summed E-state index contributed by atoms with van der Waals surface area (Å²) in [4.78, 5) is 0. The van der Waals surface area contributed by atoms with E-state index in [2.05, 4.69) is 194 Å². The first-order valence-corrected chi connectivity index (χ1v) is 16.6. The number of hydrogen-bond donors (Lipinski definition) is 0. The van der Waals surface area contributed by atoms with Gasteiger partial charge in [-0.05, 0) is 70.8 Å². The zero-order valence-corrected chi connectivity index (χ0v) is 25.3. The first-order chi connectivity index (χ1) is 21.4. The minimum absolute atomic E-state index is 0. The van der Waals surface area contributed by atoms with Gasteiger partial charge in [0.2, 0.25) is 0 Å². The summed E-state index contributed by atoms with van der Waals surface area (Å²) in [5.41, 5.74) is 7.45. The molecule has 1 nitrogen and oxygen atoms in total. The standard InChI is InChI=1S/C42H32P.H2O/c1-7-19-33(20-8-1)39-31-32-40(42(35-23-11-3-12-24-35)41(39)34-21-9-2-10-22-34)43(36-25-13-4-14-26-36,37-27-15-5-16-28-37)38-29-17-6-18-30-38;/h1-32H;1H2/q+1;/p-1. The average Bonchev–Trinajstić information content (AvgIpc) is 3.11. The van der Waals surface area contributed by atoms with Crippen molar-refractivity contribution in [1.29, 1.82) is 0 Å². The lowest BCUT2D eigenvalue weighted by Crippen LogP contribution is -2.39. The van der Waals surface area contributed by atoms with Crippen molar-refractivity contribution in [3.8, 4) is 33.4 Å². The van der Waals surface area contributed by atoms with E-state index in [4.69, 9.17) is 0 Å². The minimum atomic E-state index is -2.37. The van der Waals surface area contributed by atoms with E-state index in [-0.39, 0.29) is 5.48 Å². The Labute approximate surface area is 260 Å². The normalized spacial score (nSPS) is 11.0. The Kier molecular flexibility index (Phi) is 8.62. The van der Waals surface area contributed by atoms with Gasteiger partial charge < -0.3 is 5.48 Å². The molecule has 0 aliphatic carbocycles. The second kappa shape index (κ2) is 13.1. The fraction of sp³-hybridized carbons (Fsp3) is 0. The molecular formula is C42H33OP. The van der Waals surface area contributed by atoms with E-state index in [0.29, 0.717) is 0 Å². The van der Waals surface area contributed by atoms with Crippen LogP contribution < -0.4 is 21.2 Å². The number of benzene rings is 7. The Morgan fingerprint density at radius 2 is 0.591 bits per heavy atom. The maximum atomic E-state index is 2.43. The smallest absolute Gasteiger partial charge is 0.144 e. The highest BCUT2D eigenvalue weighted by molar-refractivity contribution is 8.01. The van der Waals surface area contributed by atoms with Crippen molar-refractivity contribution in [3.05, 3.63) is 194 Å². The van der Waals surface area contributed by atoms with E-state index >= 15 is 0 Å². The molecule has 0 aliphatic rings. The monoisotopic (exact) mass is 584 g/mol. The van der Waals surface area contributed by atoms with Gasteiger partial charge in [0.05, 0.1) is 0 Å². The third-order valence-corrected chi connectivity index (χ3v) is 12.5.